The van der Waals surface area contributed by atoms with Gasteiger partial charge in [-0.1, -0.05) is 29.8 Å². The van der Waals surface area contributed by atoms with E-state index in [9.17, 15) is 14.4 Å². The number of amides is 2. The molecule has 1 aliphatic rings. The zero-order valence-corrected chi connectivity index (χ0v) is 11.2. The van der Waals surface area contributed by atoms with Gasteiger partial charge in [0.2, 0.25) is 0 Å². The van der Waals surface area contributed by atoms with Crippen molar-refractivity contribution in [1.82, 2.24) is 9.80 Å². The Morgan fingerprint density at radius 3 is 2.50 bits per heavy atom. The molecular weight excluding hydrogens is 260 g/mol. The number of carbonyl (C=O) groups is 3. The molecule has 0 atom stereocenters. The minimum atomic E-state index is -1.11. The average molecular weight is 276 g/mol. The van der Waals surface area contributed by atoms with Gasteiger partial charge in [0.1, 0.15) is 6.54 Å². The second-order valence-electron chi connectivity index (χ2n) is 4.84. The lowest BCUT2D eigenvalue weighted by Gasteiger charge is -2.32. The van der Waals surface area contributed by atoms with Crippen LogP contribution in [-0.2, 0) is 20.9 Å². The van der Waals surface area contributed by atoms with Crippen LogP contribution in [0.15, 0.2) is 24.3 Å². The molecule has 1 aliphatic heterocycles. The molecule has 1 aromatic carbocycles. The van der Waals surface area contributed by atoms with E-state index in [1.807, 2.05) is 31.2 Å². The summed E-state index contributed by atoms with van der Waals surface area (Å²) in [5.41, 5.74) is 2.05. The van der Waals surface area contributed by atoms with Gasteiger partial charge in [-0.05, 0) is 12.5 Å². The van der Waals surface area contributed by atoms with Crippen molar-refractivity contribution in [3.05, 3.63) is 35.4 Å². The molecule has 2 rings (SSSR count). The fraction of sp³-hybridized carbons (Fsp3) is 0.357. The fourth-order valence-electron chi connectivity index (χ4n) is 2.21. The molecule has 1 saturated heterocycles. The molecule has 6 heteroatoms. The lowest BCUT2D eigenvalue weighted by molar-refractivity contribution is -0.159. The van der Waals surface area contributed by atoms with E-state index in [0.29, 0.717) is 13.1 Å². The van der Waals surface area contributed by atoms with Crippen LogP contribution in [0, 0.1) is 6.92 Å². The Hall–Kier alpha value is -2.37. The minimum Gasteiger partial charge on any atom is -0.480 e. The Balaban J connectivity index is 2.04. The number of carboxylic acid groups (broad SMARTS) is 1. The van der Waals surface area contributed by atoms with Crippen molar-refractivity contribution in [3.63, 3.8) is 0 Å². The summed E-state index contributed by atoms with van der Waals surface area (Å²) >= 11 is 0. The minimum absolute atomic E-state index is 0.253. The van der Waals surface area contributed by atoms with Gasteiger partial charge in [0.15, 0.2) is 0 Å². The molecule has 1 heterocycles. The largest absolute Gasteiger partial charge is 0.480 e. The summed E-state index contributed by atoms with van der Waals surface area (Å²) in [4.78, 5) is 36.9. The van der Waals surface area contributed by atoms with Gasteiger partial charge >= 0.3 is 17.8 Å². The molecular formula is C14H16N2O4. The molecule has 106 valence electrons. The van der Waals surface area contributed by atoms with Crippen LogP contribution < -0.4 is 0 Å². The van der Waals surface area contributed by atoms with Crippen LogP contribution in [0.2, 0.25) is 0 Å². The lowest BCUT2D eigenvalue weighted by Crippen LogP contribution is -2.55. The maximum absolute atomic E-state index is 11.9. The molecule has 0 radical (unpaired) electrons. The number of piperazine rings is 1. The first-order valence-electron chi connectivity index (χ1n) is 6.33. The van der Waals surface area contributed by atoms with Crippen molar-refractivity contribution in [1.29, 1.82) is 0 Å². The van der Waals surface area contributed by atoms with E-state index in [-0.39, 0.29) is 6.54 Å². The third-order valence-electron chi connectivity index (χ3n) is 3.18. The molecule has 20 heavy (non-hydrogen) atoms. The number of carbonyl (C=O) groups excluding carboxylic acids is 2. The number of rotatable bonds is 4. The maximum atomic E-state index is 11.9. The first kappa shape index (κ1) is 14.0. The van der Waals surface area contributed by atoms with Crippen LogP contribution in [0.3, 0.4) is 0 Å². The quantitative estimate of drug-likeness (QED) is 0.800. The number of benzene rings is 1. The van der Waals surface area contributed by atoms with E-state index in [2.05, 4.69) is 0 Å². The Morgan fingerprint density at radius 1 is 1.20 bits per heavy atom. The predicted octanol–water partition coefficient (Wildman–Crippen LogP) is 0.250. The van der Waals surface area contributed by atoms with Crippen molar-refractivity contribution in [2.24, 2.45) is 0 Å². The summed E-state index contributed by atoms with van der Waals surface area (Å²) in [6.07, 6.45) is 0. The van der Waals surface area contributed by atoms with Crippen molar-refractivity contribution in [3.8, 4) is 0 Å². The SMILES string of the molecule is Cc1cccc(CN2CCN(CC(=O)O)C(=O)C2=O)c1. The molecule has 0 spiro atoms. The molecule has 0 unspecified atom stereocenters. The van der Waals surface area contributed by atoms with Gasteiger partial charge in [-0.15, -0.1) is 0 Å². The Bertz CT molecular complexity index is 556. The molecule has 2 amide bonds. The first-order chi connectivity index (χ1) is 9.47. The van der Waals surface area contributed by atoms with Crippen molar-refractivity contribution >= 4 is 17.8 Å². The standard InChI is InChI=1S/C14H16N2O4/c1-10-3-2-4-11(7-10)8-15-5-6-16(9-12(17)18)14(20)13(15)19/h2-4,7H,5-6,8-9H2,1H3,(H,17,18). The third kappa shape index (κ3) is 3.14. The summed E-state index contributed by atoms with van der Waals surface area (Å²) in [7, 11) is 0. The van der Waals surface area contributed by atoms with E-state index >= 15 is 0 Å². The topological polar surface area (TPSA) is 77.9 Å². The third-order valence-corrected chi connectivity index (χ3v) is 3.18. The second-order valence-corrected chi connectivity index (χ2v) is 4.84. The Kier molecular flexibility index (Phi) is 4.02. The molecule has 0 bridgehead atoms. The van der Waals surface area contributed by atoms with Crippen LogP contribution in [-0.4, -0.2) is 52.3 Å². The summed E-state index contributed by atoms with van der Waals surface area (Å²) in [6.45, 7) is 2.51. The molecule has 1 aromatic rings. The zero-order chi connectivity index (χ0) is 14.7. The monoisotopic (exact) mass is 276 g/mol. The van der Waals surface area contributed by atoms with E-state index in [0.717, 1.165) is 16.0 Å². The highest BCUT2D eigenvalue weighted by Crippen LogP contribution is 2.12. The predicted molar refractivity (Wildman–Crippen MR) is 70.8 cm³/mol. The Morgan fingerprint density at radius 2 is 1.85 bits per heavy atom. The highest BCUT2D eigenvalue weighted by molar-refractivity contribution is 6.35. The number of hydrogen-bond donors (Lipinski definition) is 1. The van der Waals surface area contributed by atoms with Gasteiger partial charge in [0, 0.05) is 19.6 Å². The normalized spacial score (nSPS) is 15.7. The van der Waals surface area contributed by atoms with Gasteiger partial charge in [-0.3, -0.25) is 14.4 Å². The van der Waals surface area contributed by atoms with Crippen LogP contribution >= 0.6 is 0 Å². The van der Waals surface area contributed by atoms with Gasteiger partial charge < -0.3 is 14.9 Å². The van der Waals surface area contributed by atoms with E-state index < -0.39 is 24.3 Å². The summed E-state index contributed by atoms with van der Waals surface area (Å²) < 4.78 is 0. The number of hydrogen-bond acceptors (Lipinski definition) is 3. The number of aryl methyl sites for hydroxylation is 1. The van der Waals surface area contributed by atoms with E-state index in [4.69, 9.17) is 5.11 Å². The van der Waals surface area contributed by atoms with Gasteiger partial charge in [-0.2, -0.15) is 0 Å². The molecule has 0 aromatic heterocycles. The van der Waals surface area contributed by atoms with Gasteiger partial charge in [0.25, 0.3) is 0 Å². The second kappa shape index (κ2) is 5.73. The summed E-state index contributed by atoms with van der Waals surface area (Å²) in [6, 6.07) is 7.72. The zero-order valence-electron chi connectivity index (χ0n) is 11.2. The molecule has 0 aliphatic carbocycles. The highest BCUT2D eigenvalue weighted by atomic mass is 16.4. The number of nitrogens with zero attached hydrogens (tertiary/aromatic N) is 2. The maximum Gasteiger partial charge on any atom is 0.323 e. The lowest BCUT2D eigenvalue weighted by atomic mass is 10.1. The van der Waals surface area contributed by atoms with E-state index in [1.165, 1.54) is 4.90 Å². The summed E-state index contributed by atoms with van der Waals surface area (Å²) in [5.74, 6) is -2.50. The van der Waals surface area contributed by atoms with Crippen LogP contribution in [0.25, 0.3) is 0 Å². The van der Waals surface area contributed by atoms with Crippen molar-refractivity contribution < 1.29 is 19.5 Å². The average Bonchev–Trinajstić information content (AvgIpc) is 2.38. The number of aliphatic carboxylic acids is 1. The number of carboxylic acids is 1. The van der Waals surface area contributed by atoms with Crippen molar-refractivity contribution in [2.75, 3.05) is 19.6 Å². The highest BCUT2D eigenvalue weighted by Gasteiger charge is 2.33. The van der Waals surface area contributed by atoms with E-state index in [1.54, 1.807) is 0 Å². The van der Waals surface area contributed by atoms with Crippen LogP contribution in [0.1, 0.15) is 11.1 Å². The molecule has 6 nitrogen and oxygen atoms in total. The van der Waals surface area contributed by atoms with Gasteiger partial charge in [-0.25, -0.2) is 0 Å². The van der Waals surface area contributed by atoms with Gasteiger partial charge in [0.05, 0.1) is 0 Å². The first-order valence-corrected chi connectivity index (χ1v) is 6.33. The summed E-state index contributed by atoms with van der Waals surface area (Å²) in [5, 5.41) is 8.68. The van der Waals surface area contributed by atoms with Crippen LogP contribution in [0.4, 0.5) is 0 Å². The Labute approximate surface area is 116 Å². The molecule has 1 N–H and O–H groups in total. The smallest absolute Gasteiger partial charge is 0.323 e. The van der Waals surface area contributed by atoms with Crippen molar-refractivity contribution in [2.45, 2.75) is 13.5 Å². The molecule has 1 fully saturated rings. The molecule has 0 saturated carbocycles. The van der Waals surface area contributed by atoms with Crippen LogP contribution in [0.5, 0.6) is 0 Å². The fourth-order valence-corrected chi connectivity index (χ4v) is 2.21.